The molecule has 0 atom stereocenters. The smallest absolute Gasteiger partial charge is 0.251 e. The summed E-state index contributed by atoms with van der Waals surface area (Å²) in [5.41, 5.74) is 5.89. The van der Waals surface area contributed by atoms with Gasteiger partial charge in [-0.25, -0.2) is 0 Å². The SMILES string of the molecule is Cc1ccccc1OCCNC(=O)c1ccc(CN2CCc3ccccc3C2)cc1. The summed E-state index contributed by atoms with van der Waals surface area (Å²) in [6, 6.07) is 24.5. The molecule has 3 aromatic carbocycles. The van der Waals surface area contributed by atoms with Crippen molar-refractivity contribution in [1.29, 1.82) is 0 Å². The van der Waals surface area contributed by atoms with Gasteiger partial charge >= 0.3 is 0 Å². The van der Waals surface area contributed by atoms with Crippen molar-refractivity contribution in [1.82, 2.24) is 10.2 Å². The Hall–Kier alpha value is -3.11. The van der Waals surface area contributed by atoms with Crippen molar-refractivity contribution in [3.8, 4) is 5.75 Å². The summed E-state index contributed by atoms with van der Waals surface area (Å²) in [6.45, 7) is 5.89. The summed E-state index contributed by atoms with van der Waals surface area (Å²) in [4.78, 5) is 14.8. The molecule has 3 aromatic rings. The molecule has 0 saturated carbocycles. The van der Waals surface area contributed by atoms with E-state index >= 15 is 0 Å². The van der Waals surface area contributed by atoms with Gasteiger partial charge < -0.3 is 10.1 Å². The number of hydrogen-bond acceptors (Lipinski definition) is 3. The van der Waals surface area contributed by atoms with E-state index in [9.17, 15) is 4.79 Å². The summed E-state index contributed by atoms with van der Waals surface area (Å²) in [5.74, 6) is 0.790. The fraction of sp³-hybridized carbons (Fsp3) is 0.269. The minimum Gasteiger partial charge on any atom is -0.491 e. The van der Waals surface area contributed by atoms with Crippen LogP contribution in [0.3, 0.4) is 0 Å². The van der Waals surface area contributed by atoms with Crippen LogP contribution in [0.1, 0.15) is 32.6 Å². The van der Waals surface area contributed by atoms with Gasteiger partial charge in [0.1, 0.15) is 12.4 Å². The van der Waals surface area contributed by atoms with E-state index in [1.54, 1.807) is 0 Å². The fourth-order valence-corrected chi connectivity index (χ4v) is 3.85. The van der Waals surface area contributed by atoms with Gasteiger partial charge in [0.2, 0.25) is 0 Å². The van der Waals surface area contributed by atoms with Crippen molar-refractivity contribution in [3.63, 3.8) is 0 Å². The van der Waals surface area contributed by atoms with Gasteiger partial charge in [0.15, 0.2) is 0 Å². The molecule has 0 spiro atoms. The molecule has 0 unspecified atom stereocenters. The minimum atomic E-state index is -0.0677. The van der Waals surface area contributed by atoms with Crippen LogP contribution in [0.4, 0.5) is 0 Å². The molecule has 1 N–H and O–H groups in total. The van der Waals surface area contributed by atoms with Gasteiger partial charge in [0.05, 0.1) is 6.54 Å². The zero-order valence-electron chi connectivity index (χ0n) is 17.4. The molecule has 154 valence electrons. The molecule has 1 aliphatic heterocycles. The number of benzene rings is 3. The second kappa shape index (κ2) is 9.59. The third kappa shape index (κ3) is 5.08. The number of amides is 1. The number of nitrogens with one attached hydrogen (secondary N) is 1. The van der Waals surface area contributed by atoms with Crippen LogP contribution < -0.4 is 10.1 Å². The molecule has 0 bridgehead atoms. The Balaban J connectivity index is 1.24. The van der Waals surface area contributed by atoms with Crippen LogP contribution in [0, 0.1) is 6.92 Å². The highest BCUT2D eigenvalue weighted by Gasteiger charge is 2.16. The number of fused-ring (bicyclic) bond motifs is 1. The molecule has 0 aliphatic carbocycles. The number of carbonyl (C=O) groups is 1. The molecule has 1 amide bonds. The first-order chi connectivity index (χ1) is 14.7. The van der Waals surface area contributed by atoms with Crippen molar-refractivity contribution >= 4 is 5.91 Å². The van der Waals surface area contributed by atoms with Crippen molar-refractivity contribution in [2.75, 3.05) is 19.7 Å². The summed E-state index contributed by atoms with van der Waals surface area (Å²) >= 11 is 0. The highest BCUT2D eigenvalue weighted by Crippen LogP contribution is 2.20. The number of nitrogens with zero attached hydrogens (tertiary/aromatic N) is 1. The third-order valence-corrected chi connectivity index (χ3v) is 5.57. The molecule has 4 heteroatoms. The number of carbonyl (C=O) groups excluding carboxylic acids is 1. The normalized spacial score (nSPS) is 13.5. The van der Waals surface area contributed by atoms with Gasteiger partial charge in [-0.05, 0) is 53.8 Å². The maximum Gasteiger partial charge on any atom is 0.251 e. The van der Waals surface area contributed by atoms with Crippen LogP contribution in [0.15, 0.2) is 72.8 Å². The van der Waals surface area contributed by atoms with Crippen molar-refractivity contribution in [2.45, 2.75) is 26.4 Å². The van der Waals surface area contributed by atoms with Gasteiger partial charge in [-0.1, -0.05) is 54.6 Å². The number of aryl methyl sites for hydroxylation is 1. The lowest BCUT2D eigenvalue weighted by Gasteiger charge is -2.28. The van der Waals surface area contributed by atoms with Crippen molar-refractivity contribution < 1.29 is 9.53 Å². The Morgan fingerprint density at radius 3 is 2.50 bits per heavy atom. The van der Waals surface area contributed by atoms with E-state index in [2.05, 4.69) is 46.6 Å². The van der Waals surface area contributed by atoms with Crippen molar-refractivity contribution in [2.24, 2.45) is 0 Å². The highest BCUT2D eigenvalue weighted by atomic mass is 16.5. The van der Waals surface area contributed by atoms with E-state index in [-0.39, 0.29) is 5.91 Å². The Labute approximate surface area is 178 Å². The zero-order chi connectivity index (χ0) is 20.8. The van der Waals surface area contributed by atoms with Crippen LogP contribution in [0.2, 0.25) is 0 Å². The first-order valence-corrected chi connectivity index (χ1v) is 10.5. The monoisotopic (exact) mass is 400 g/mol. The molecule has 1 aliphatic rings. The average molecular weight is 401 g/mol. The van der Waals surface area contributed by atoms with Crippen molar-refractivity contribution in [3.05, 3.63) is 101 Å². The number of rotatable bonds is 7. The lowest BCUT2D eigenvalue weighted by Crippen LogP contribution is -2.30. The van der Waals surface area contributed by atoms with Gasteiger partial charge in [-0.3, -0.25) is 9.69 Å². The van der Waals surface area contributed by atoms with Crippen LogP contribution >= 0.6 is 0 Å². The van der Waals surface area contributed by atoms with Gasteiger partial charge in [-0.2, -0.15) is 0 Å². The second-order valence-corrected chi connectivity index (χ2v) is 7.80. The summed E-state index contributed by atoms with van der Waals surface area (Å²) in [7, 11) is 0. The van der Waals surface area contributed by atoms with E-state index in [0.717, 1.165) is 37.4 Å². The zero-order valence-corrected chi connectivity index (χ0v) is 17.4. The predicted molar refractivity (Wildman–Crippen MR) is 120 cm³/mol. The molecule has 4 rings (SSSR count). The quantitative estimate of drug-likeness (QED) is 0.599. The Bertz CT molecular complexity index is 998. The van der Waals surface area contributed by atoms with E-state index < -0.39 is 0 Å². The van der Waals surface area contributed by atoms with Gasteiger partial charge in [-0.15, -0.1) is 0 Å². The number of para-hydroxylation sites is 1. The predicted octanol–water partition coefficient (Wildman–Crippen LogP) is 4.36. The molecule has 4 nitrogen and oxygen atoms in total. The Morgan fingerprint density at radius 1 is 0.967 bits per heavy atom. The van der Waals surface area contributed by atoms with Crippen LogP contribution in [0.5, 0.6) is 5.75 Å². The summed E-state index contributed by atoms with van der Waals surface area (Å²) in [6.07, 6.45) is 1.10. The molecule has 0 fully saturated rings. The highest BCUT2D eigenvalue weighted by molar-refractivity contribution is 5.94. The Morgan fingerprint density at radius 2 is 1.70 bits per heavy atom. The standard InChI is InChI=1S/C26H28N2O2/c1-20-6-2-5-9-25(20)30-17-15-27-26(29)23-12-10-21(11-13-23)18-28-16-14-22-7-3-4-8-24(22)19-28/h2-13H,14-19H2,1H3,(H,27,29). The molecule has 0 aromatic heterocycles. The molecular formula is C26H28N2O2. The largest absolute Gasteiger partial charge is 0.491 e. The van der Waals surface area contributed by atoms with E-state index in [4.69, 9.17) is 4.74 Å². The lowest BCUT2D eigenvalue weighted by atomic mass is 9.99. The van der Waals surface area contributed by atoms with E-state index in [0.29, 0.717) is 18.7 Å². The molecular weight excluding hydrogens is 372 g/mol. The molecule has 1 heterocycles. The molecule has 30 heavy (non-hydrogen) atoms. The van der Waals surface area contributed by atoms with Gasteiger partial charge in [0.25, 0.3) is 5.91 Å². The van der Waals surface area contributed by atoms with E-state index in [1.807, 2.05) is 43.3 Å². The summed E-state index contributed by atoms with van der Waals surface area (Å²) < 4.78 is 5.73. The van der Waals surface area contributed by atoms with E-state index in [1.165, 1.54) is 16.7 Å². The minimum absolute atomic E-state index is 0.0677. The summed E-state index contributed by atoms with van der Waals surface area (Å²) in [5, 5.41) is 2.93. The van der Waals surface area contributed by atoms with Crippen LogP contribution in [0.25, 0.3) is 0 Å². The third-order valence-electron chi connectivity index (χ3n) is 5.57. The lowest BCUT2D eigenvalue weighted by molar-refractivity contribution is 0.0947. The first-order valence-electron chi connectivity index (χ1n) is 10.5. The molecule has 0 saturated heterocycles. The first kappa shape index (κ1) is 20.2. The van der Waals surface area contributed by atoms with Crippen LogP contribution in [-0.4, -0.2) is 30.5 Å². The second-order valence-electron chi connectivity index (χ2n) is 7.80. The fourth-order valence-electron chi connectivity index (χ4n) is 3.85. The number of hydrogen-bond donors (Lipinski definition) is 1. The average Bonchev–Trinajstić information content (AvgIpc) is 2.78. The topological polar surface area (TPSA) is 41.6 Å². The maximum atomic E-state index is 12.4. The number of ether oxygens (including phenoxy) is 1. The maximum absolute atomic E-state index is 12.4. The van der Waals surface area contributed by atoms with Gasteiger partial charge in [0, 0.05) is 25.2 Å². The van der Waals surface area contributed by atoms with Crippen LogP contribution in [-0.2, 0) is 19.5 Å². The Kier molecular flexibility index (Phi) is 6.45. The molecule has 0 radical (unpaired) electrons.